The molecule has 0 aromatic heterocycles. The topological polar surface area (TPSA) is 635 Å². The Bertz CT molecular complexity index is 2430. The van der Waals surface area contributed by atoms with Crippen LogP contribution in [0.4, 0.5) is 0 Å². The molecular formula is C48H81N3O38S. The second-order valence-corrected chi connectivity index (χ2v) is 23.4. The van der Waals surface area contributed by atoms with Crippen LogP contribution >= 0.6 is 0 Å². The molecule has 0 aromatic rings. The van der Waals surface area contributed by atoms with E-state index in [0.29, 0.717) is 0 Å². The van der Waals surface area contributed by atoms with Gasteiger partial charge in [0.1, 0.15) is 165 Å². The molecule has 0 spiro atoms. The van der Waals surface area contributed by atoms with Crippen LogP contribution in [-0.4, -0.2) is 377 Å². The molecule has 7 saturated heterocycles. The predicted octanol–water partition coefficient (Wildman–Crippen LogP) is -15.0. The molecule has 3 amide bonds. The zero-order valence-electron chi connectivity index (χ0n) is 48.1. The van der Waals surface area contributed by atoms with E-state index in [1.54, 1.807) is 0 Å². The lowest BCUT2D eigenvalue weighted by Crippen LogP contribution is -2.70. The molecule has 0 radical (unpaired) electrons. The molecule has 522 valence electrons. The Balaban J connectivity index is 1.08. The van der Waals surface area contributed by atoms with Crippen molar-refractivity contribution in [2.75, 3.05) is 39.6 Å². The molecule has 0 aliphatic carbocycles. The molecule has 90 heavy (non-hydrogen) atoms. The van der Waals surface area contributed by atoms with Crippen LogP contribution in [0.5, 0.6) is 0 Å². The molecule has 22 N–H and O–H groups in total. The summed E-state index contributed by atoms with van der Waals surface area (Å²) >= 11 is 0. The van der Waals surface area contributed by atoms with Crippen LogP contribution in [0.1, 0.15) is 27.7 Å². The van der Waals surface area contributed by atoms with Crippen LogP contribution < -0.4 is 16.0 Å². The van der Waals surface area contributed by atoms with Crippen LogP contribution in [0.3, 0.4) is 0 Å². The van der Waals surface area contributed by atoms with Gasteiger partial charge in [0.05, 0.1) is 45.7 Å². The van der Waals surface area contributed by atoms with E-state index in [4.69, 9.17) is 66.1 Å². The second-order valence-electron chi connectivity index (χ2n) is 22.3. The predicted molar refractivity (Wildman–Crippen MR) is 276 cm³/mol. The number of aliphatic hydroxyl groups excluding tert-OH is 18. The molecule has 0 bridgehead atoms. The van der Waals surface area contributed by atoms with Crippen LogP contribution in [-0.2, 0) is 90.5 Å². The van der Waals surface area contributed by atoms with Crippen LogP contribution in [0.2, 0.25) is 0 Å². The Kier molecular flexibility index (Phi) is 26.2. The number of ether oxygens (including phenoxy) is 13. The van der Waals surface area contributed by atoms with E-state index in [2.05, 4.69) is 20.1 Å². The monoisotopic (exact) mass is 1340 g/mol. The van der Waals surface area contributed by atoms with Crippen molar-refractivity contribution >= 4 is 28.1 Å². The summed E-state index contributed by atoms with van der Waals surface area (Å²) < 4.78 is 111. The Labute approximate surface area is 510 Å². The first kappa shape index (κ1) is 74.4. The van der Waals surface area contributed by atoms with Crippen molar-refractivity contribution in [1.29, 1.82) is 0 Å². The molecule has 7 aliphatic heterocycles. The van der Waals surface area contributed by atoms with Gasteiger partial charge in [0.2, 0.25) is 17.7 Å². The summed E-state index contributed by atoms with van der Waals surface area (Å²) in [5.41, 5.74) is 0. The number of rotatable bonds is 23. The Hall–Kier alpha value is -2.96. The number of hydrogen-bond acceptors (Lipinski definition) is 37. The van der Waals surface area contributed by atoms with Crippen molar-refractivity contribution in [2.45, 2.75) is 242 Å². The summed E-state index contributed by atoms with van der Waals surface area (Å²) in [7, 11) is -5.13. The van der Waals surface area contributed by atoms with Gasteiger partial charge in [0.15, 0.2) is 44.0 Å². The van der Waals surface area contributed by atoms with Crippen LogP contribution in [0.25, 0.3) is 0 Å². The van der Waals surface area contributed by atoms with Gasteiger partial charge in [-0.15, -0.1) is 0 Å². The number of nitrogens with one attached hydrogen (secondary N) is 3. The number of hydrogen-bond donors (Lipinski definition) is 22. The second kappa shape index (κ2) is 31.7. The van der Waals surface area contributed by atoms with Gasteiger partial charge < -0.3 is 169 Å². The smallest absolute Gasteiger partial charge is 0.394 e. The lowest BCUT2D eigenvalue weighted by atomic mass is 9.94. The molecule has 0 aromatic carbocycles. The number of carbonyl (C=O) groups is 3. The van der Waals surface area contributed by atoms with Gasteiger partial charge in [-0.05, 0) is 6.92 Å². The highest BCUT2D eigenvalue weighted by Gasteiger charge is 2.59. The number of aliphatic hydroxyl groups is 18. The average Bonchev–Trinajstić information content (AvgIpc) is 1.01. The first-order chi connectivity index (χ1) is 42.2. The number of carbonyl (C=O) groups excluding carboxylic acids is 3. The van der Waals surface area contributed by atoms with Gasteiger partial charge in [0.25, 0.3) is 0 Å². The molecule has 7 aliphatic rings. The summed E-state index contributed by atoms with van der Waals surface area (Å²) in [4.78, 5) is 37.8. The van der Waals surface area contributed by atoms with Crippen LogP contribution in [0.15, 0.2) is 0 Å². The summed E-state index contributed by atoms with van der Waals surface area (Å²) in [5.74, 6) is -2.62. The van der Waals surface area contributed by atoms with E-state index in [9.17, 15) is 115 Å². The van der Waals surface area contributed by atoms with Gasteiger partial charge in [-0.25, -0.2) is 4.18 Å². The molecule has 35 atom stereocenters. The maximum atomic E-state index is 12.8. The molecule has 7 fully saturated rings. The molecule has 7 heterocycles. The fourth-order valence-electron chi connectivity index (χ4n) is 11.2. The Morgan fingerprint density at radius 2 is 0.756 bits per heavy atom. The van der Waals surface area contributed by atoms with Gasteiger partial charge in [-0.2, -0.15) is 8.42 Å². The van der Waals surface area contributed by atoms with E-state index in [-0.39, 0.29) is 0 Å². The van der Waals surface area contributed by atoms with Crippen LogP contribution in [0, 0.1) is 0 Å². The van der Waals surface area contributed by atoms with Crippen molar-refractivity contribution < 1.29 is 185 Å². The SMILES string of the molecule is CC(=O)N[C@H]1[C@H](OC[C@H]2OC(O)[C@H](NC(C)=O)[C@@H](O[C@@H]3O[C@H](CO)[C@H](O)[C@H](O[C@@H]4O[C@H](CO)[C@@H](O[C@@H]5O[C@H](CO)[C@H](O)[C@H](O)[C@H]5O[C@@H]5O[C@@H](C)[C@@H](O)[C@@H](O)[C@@H]5O)[C@H](O)[C@H]4NC(C)=O)[C@H]3O)[C@H]2O)O[C@H](CO)[C@@H](O[C@@H]2O[C@H](COS(=O)(=O)O)[C@H](O)[C@H](O)[C@H]2O)[C@@H]1O. The largest absolute Gasteiger partial charge is 0.397 e. The summed E-state index contributed by atoms with van der Waals surface area (Å²) in [5, 5.41) is 204. The van der Waals surface area contributed by atoms with E-state index < -0.39 is 283 Å². The maximum absolute atomic E-state index is 12.8. The van der Waals surface area contributed by atoms with Gasteiger partial charge in [-0.3, -0.25) is 18.9 Å². The quantitative estimate of drug-likeness (QED) is 0.0422. The van der Waals surface area contributed by atoms with Crippen molar-refractivity contribution in [3.63, 3.8) is 0 Å². The lowest BCUT2D eigenvalue weighted by Gasteiger charge is -2.50. The highest BCUT2D eigenvalue weighted by molar-refractivity contribution is 7.80. The molecule has 7 rings (SSSR count). The minimum absolute atomic E-state index is 0.855. The first-order valence-electron chi connectivity index (χ1n) is 28.1. The normalized spacial score (nSPS) is 47.9. The Morgan fingerprint density at radius 3 is 1.30 bits per heavy atom. The van der Waals surface area contributed by atoms with E-state index in [1.165, 1.54) is 6.92 Å². The maximum Gasteiger partial charge on any atom is 0.397 e. The third-order valence-electron chi connectivity index (χ3n) is 15.9. The average molecular weight is 1340 g/mol. The van der Waals surface area contributed by atoms with Gasteiger partial charge in [0, 0.05) is 20.8 Å². The molecule has 1 unspecified atom stereocenters. The minimum Gasteiger partial charge on any atom is -0.394 e. The third kappa shape index (κ3) is 17.0. The third-order valence-corrected chi connectivity index (χ3v) is 16.3. The van der Waals surface area contributed by atoms with E-state index in [0.717, 1.165) is 20.8 Å². The van der Waals surface area contributed by atoms with Crippen molar-refractivity contribution in [1.82, 2.24) is 16.0 Å². The zero-order valence-corrected chi connectivity index (χ0v) is 48.9. The fraction of sp³-hybridized carbons (Fsp3) is 0.938. The van der Waals surface area contributed by atoms with E-state index in [1.807, 2.05) is 0 Å². The van der Waals surface area contributed by atoms with Crippen molar-refractivity contribution in [3.8, 4) is 0 Å². The lowest BCUT2D eigenvalue weighted by molar-refractivity contribution is -0.390. The summed E-state index contributed by atoms with van der Waals surface area (Å²) in [6.45, 7) is -2.02. The molecule has 42 heteroatoms. The van der Waals surface area contributed by atoms with E-state index >= 15 is 0 Å². The molecule has 41 nitrogen and oxygen atoms in total. The Morgan fingerprint density at radius 1 is 0.367 bits per heavy atom. The zero-order chi connectivity index (χ0) is 66.7. The molecular weight excluding hydrogens is 1260 g/mol. The van der Waals surface area contributed by atoms with Gasteiger partial charge >= 0.3 is 10.4 Å². The fourth-order valence-corrected chi connectivity index (χ4v) is 11.5. The number of amides is 3. The van der Waals surface area contributed by atoms with Gasteiger partial charge in [-0.1, -0.05) is 0 Å². The summed E-state index contributed by atoms with van der Waals surface area (Å²) in [6, 6.07) is -5.39. The molecule has 0 saturated carbocycles. The first-order valence-corrected chi connectivity index (χ1v) is 29.5. The minimum atomic E-state index is -5.13. The van der Waals surface area contributed by atoms with Crippen molar-refractivity contribution in [2.24, 2.45) is 0 Å². The van der Waals surface area contributed by atoms with Crippen molar-refractivity contribution in [3.05, 3.63) is 0 Å². The summed E-state index contributed by atoms with van der Waals surface area (Å²) in [6.07, 6.45) is -62.3. The highest BCUT2D eigenvalue weighted by Crippen LogP contribution is 2.37. The highest BCUT2D eigenvalue weighted by atomic mass is 32.3. The standard InChI is InChI=1S/C48H81N3O38S/c1-11-24(59)31(66)34(69)45(78-11)89-41-33(68)25(60)15(5-52)81-48(41)86-38-18(8-55)83-44(22(30(38)65)50-13(3)57)88-40-27(62)16(6-53)80-47(36(40)71)87-39-23(51-14(4)58)42(72)79-19(28(39)63)9-76-43-21(49-12(2)56)29(64)37(17(7-54)82-43)85-46-35(70)32(67)26(61)20(84-46)10-77-90(73,74)75/h11,15-48,52-55,59-72H,5-10H2,1-4H3,(H,49,56)(H,50,57)(H,51,58)(H,73,74,75)/t11-,15+,16+,17+,18+,19+,20+,21+,22+,23+,24+,25-,26-,27-,28-,29+,30+,31+,32-,33-,34-,35+,36+,37+,38+,39+,40-,41+,42?,43+,44-,45-,46-,47-,48-/m0/s1.